The maximum absolute atomic E-state index is 12.5. The van der Waals surface area contributed by atoms with E-state index in [1.54, 1.807) is 0 Å². The van der Waals surface area contributed by atoms with Crippen LogP contribution in [0.1, 0.15) is 57.2 Å². The normalized spacial score (nSPS) is 23.9. The Morgan fingerprint density at radius 3 is 2.57 bits per heavy atom. The van der Waals surface area contributed by atoms with Crippen molar-refractivity contribution in [3.63, 3.8) is 0 Å². The van der Waals surface area contributed by atoms with E-state index in [1.807, 2.05) is 0 Å². The van der Waals surface area contributed by atoms with E-state index in [1.165, 1.54) is 11.1 Å². The quantitative estimate of drug-likeness (QED) is 0.896. The number of carbonyl (C=O) groups excluding carboxylic acids is 1. The molecule has 1 aromatic carbocycles. The lowest BCUT2D eigenvalue weighted by Gasteiger charge is -2.33. The molecule has 0 aliphatic heterocycles. The minimum atomic E-state index is -0.0236. The van der Waals surface area contributed by atoms with Crippen LogP contribution in [0.5, 0.6) is 0 Å². The van der Waals surface area contributed by atoms with Crippen molar-refractivity contribution in [2.24, 2.45) is 17.1 Å². The van der Waals surface area contributed by atoms with Gasteiger partial charge in [-0.05, 0) is 37.2 Å². The Labute approximate surface area is 128 Å². The number of aryl methyl sites for hydroxylation is 1. The fourth-order valence-electron chi connectivity index (χ4n) is 3.16. The Morgan fingerprint density at radius 2 is 2.05 bits per heavy atom. The molecule has 0 spiro atoms. The van der Waals surface area contributed by atoms with Crippen molar-refractivity contribution < 1.29 is 4.79 Å². The van der Waals surface area contributed by atoms with Gasteiger partial charge in [-0.15, -0.1) is 0 Å². The zero-order chi connectivity index (χ0) is 15.6. The molecular formula is C18H28N2O. The predicted octanol–water partition coefficient (Wildman–Crippen LogP) is 3.33. The molecule has 0 heterocycles. The average Bonchev–Trinajstić information content (AvgIpc) is 2.81. The molecule has 1 saturated carbocycles. The minimum Gasteiger partial charge on any atom is -0.349 e. The Hall–Kier alpha value is -1.35. The van der Waals surface area contributed by atoms with E-state index in [0.29, 0.717) is 0 Å². The molecule has 3 N–H and O–H groups in total. The van der Waals surface area contributed by atoms with Gasteiger partial charge >= 0.3 is 0 Å². The molecule has 21 heavy (non-hydrogen) atoms. The van der Waals surface area contributed by atoms with Crippen molar-refractivity contribution in [1.82, 2.24) is 5.32 Å². The van der Waals surface area contributed by atoms with Gasteiger partial charge in [0.15, 0.2) is 0 Å². The van der Waals surface area contributed by atoms with Gasteiger partial charge in [0.1, 0.15) is 0 Å². The molecule has 3 nitrogen and oxygen atoms in total. The second kappa shape index (κ2) is 6.18. The fraction of sp³-hybridized carbons (Fsp3) is 0.611. The van der Waals surface area contributed by atoms with Gasteiger partial charge in [-0.3, -0.25) is 4.79 Å². The number of carbonyl (C=O) groups is 1. The highest BCUT2D eigenvalue weighted by Crippen LogP contribution is 2.34. The van der Waals surface area contributed by atoms with Crippen LogP contribution in [-0.4, -0.2) is 11.9 Å². The summed E-state index contributed by atoms with van der Waals surface area (Å²) in [7, 11) is 0. The fourth-order valence-corrected chi connectivity index (χ4v) is 3.16. The van der Waals surface area contributed by atoms with Crippen LogP contribution in [0.15, 0.2) is 24.3 Å². The molecule has 3 heteroatoms. The SMILES string of the molecule is Cc1cccc(C(NC(=O)C2CCC(N)C2)C(C)(C)C)c1. The standard InChI is InChI=1S/C18H28N2O/c1-12-6-5-7-13(10-12)16(18(2,3)4)20-17(21)14-8-9-15(19)11-14/h5-7,10,14-16H,8-9,11,19H2,1-4H3,(H,20,21). The number of hydrogen-bond acceptors (Lipinski definition) is 2. The Balaban J connectivity index is 2.16. The zero-order valence-electron chi connectivity index (χ0n) is 13.6. The lowest BCUT2D eigenvalue weighted by Crippen LogP contribution is -2.39. The summed E-state index contributed by atoms with van der Waals surface area (Å²) in [6.45, 7) is 8.59. The van der Waals surface area contributed by atoms with Crippen LogP contribution in [0.3, 0.4) is 0 Å². The van der Waals surface area contributed by atoms with Crippen molar-refractivity contribution in [3.05, 3.63) is 35.4 Å². The highest BCUT2D eigenvalue weighted by Gasteiger charge is 2.33. The highest BCUT2D eigenvalue weighted by molar-refractivity contribution is 5.79. The molecule has 3 atom stereocenters. The largest absolute Gasteiger partial charge is 0.349 e. The molecule has 0 bridgehead atoms. The zero-order valence-corrected chi connectivity index (χ0v) is 13.6. The number of rotatable bonds is 3. The third kappa shape index (κ3) is 4.07. The minimum absolute atomic E-state index is 0.0236. The summed E-state index contributed by atoms with van der Waals surface area (Å²) in [4.78, 5) is 12.5. The summed E-state index contributed by atoms with van der Waals surface area (Å²) in [5.74, 6) is 0.235. The molecule has 0 radical (unpaired) electrons. The van der Waals surface area contributed by atoms with Crippen molar-refractivity contribution in [2.45, 2.75) is 59.0 Å². The number of nitrogens with one attached hydrogen (secondary N) is 1. The van der Waals surface area contributed by atoms with Crippen molar-refractivity contribution in [2.75, 3.05) is 0 Å². The van der Waals surface area contributed by atoms with Crippen LogP contribution in [0, 0.1) is 18.3 Å². The third-order valence-corrected chi connectivity index (χ3v) is 4.37. The summed E-state index contributed by atoms with van der Waals surface area (Å²) < 4.78 is 0. The average molecular weight is 288 g/mol. The summed E-state index contributed by atoms with van der Waals surface area (Å²) in [6.07, 6.45) is 2.69. The smallest absolute Gasteiger partial charge is 0.223 e. The Kier molecular flexibility index (Phi) is 4.72. The first-order valence-corrected chi connectivity index (χ1v) is 7.90. The molecule has 1 amide bonds. The van der Waals surface area contributed by atoms with Crippen LogP contribution in [-0.2, 0) is 4.79 Å². The first kappa shape index (κ1) is 16.0. The molecule has 1 fully saturated rings. The Morgan fingerprint density at radius 1 is 1.33 bits per heavy atom. The topological polar surface area (TPSA) is 55.1 Å². The van der Waals surface area contributed by atoms with Crippen LogP contribution in [0.25, 0.3) is 0 Å². The molecule has 0 saturated heterocycles. The Bertz CT molecular complexity index is 504. The van der Waals surface area contributed by atoms with Crippen LogP contribution >= 0.6 is 0 Å². The van der Waals surface area contributed by atoms with Crippen molar-refractivity contribution in [1.29, 1.82) is 0 Å². The number of amides is 1. The molecule has 116 valence electrons. The first-order valence-electron chi connectivity index (χ1n) is 7.90. The number of hydrogen-bond donors (Lipinski definition) is 2. The molecule has 2 rings (SSSR count). The second-order valence-corrected chi connectivity index (χ2v) is 7.49. The second-order valence-electron chi connectivity index (χ2n) is 7.49. The van der Waals surface area contributed by atoms with Crippen LogP contribution in [0.2, 0.25) is 0 Å². The van der Waals surface area contributed by atoms with Crippen molar-refractivity contribution in [3.8, 4) is 0 Å². The van der Waals surface area contributed by atoms with E-state index in [0.717, 1.165) is 19.3 Å². The third-order valence-electron chi connectivity index (χ3n) is 4.37. The monoisotopic (exact) mass is 288 g/mol. The lowest BCUT2D eigenvalue weighted by atomic mass is 9.81. The molecule has 3 unspecified atom stereocenters. The van der Waals surface area contributed by atoms with E-state index in [-0.39, 0.29) is 29.3 Å². The molecule has 1 aliphatic carbocycles. The number of benzene rings is 1. The van der Waals surface area contributed by atoms with Gasteiger partial charge in [-0.2, -0.15) is 0 Å². The van der Waals surface area contributed by atoms with E-state index in [2.05, 4.69) is 57.3 Å². The first-order chi connectivity index (χ1) is 9.77. The van der Waals surface area contributed by atoms with Gasteiger partial charge in [0.05, 0.1) is 6.04 Å². The highest BCUT2D eigenvalue weighted by atomic mass is 16.2. The van der Waals surface area contributed by atoms with Gasteiger partial charge in [0.25, 0.3) is 0 Å². The van der Waals surface area contributed by atoms with Gasteiger partial charge in [-0.25, -0.2) is 0 Å². The van der Waals surface area contributed by atoms with Crippen LogP contribution < -0.4 is 11.1 Å². The maximum atomic E-state index is 12.5. The lowest BCUT2D eigenvalue weighted by molar-refractivity contribution is -0.126. The van der Waals surface area contributed by atoms with Gasteiger partial charge in [0, 0.05) is 12.0 Å². The van der Waals surface area contributed by atoms with Gasteiger partial charge in [-0.1, -0.05) is 50.6 Å². The molecule has 0 aromatic heterocycles. The summed E-state index contributed by atoms with van der Waals surface area (Å²) in [5.41, 5.74) is 8.31. The molecule has 1 aromatic rings. The summed E-state index contributed by atoms with van der Waals surface area (Å²) >= 11 is 0. The molecule has 1 aliphatic rings. The maximum Gasteiger partial charge on any atom is 0.223 e. The summed E-state index contributed by atoms with van der Waals surface area (Å²) in [6, 6.07) is 8.62. The van der Waals surface area contributed by atoms with Gasteiger partial charge in [0.2, 0.25) is 5.91 Å². The van der Waals surface area contributed by atoms with E-state index in [9.17, 15) is 4.79 Å². The molecular weight excluding hydrogens is 260 g/mol. The van der Waals surface area contributed by atoms with Gasteiger partial charge < -0.3 is 11.1 Å². The van der Waals surface area contributed by atoms with Crippen molar-refractivity contribution >= 4 is 5.91 Å². The van der Waals surface area contributed by atoms with E-state index < -0.39 is 0 Å². The van der Waals surface area contributed by atoms with E-state index in [4.69, 9.17) is 5.73 Å². The number of nitrogens with two attached hydrogens (primary N) is 1. The summed E-state index contributed by atoms with van der Waals surface area (Å²) in [5, 5.41) is 3.27. The predicted molar refractivity (Wildman–Crippen MR) is 86.8 cm³/mol. The van der Waals surface area contributed by atoms with E-state index >= 15 is 0 Å². The van der Waals surface area contributed by atoms with Crippen LogP contribution in [0.4, 0.5) is 0 Å².